The zero-order valence-electron chi connectivity index (χ0n) is 13.5. The Morgan fingerprint density at radius 3 is 2.83 bits per heavy atom. The lowest BCUT2D eigenvalue weighted by molar-refractivity contribution is -0.123. The van der Waals surface area contributed by atoms with E-state index in [2.05, 4.69) is 6.08 Å². The van der Waals surface area contributed by atoms with E-state index in [4.69, 9.17) is 17.0 Å². The molecule has 1 unspecified atom stereocenters. The molecule has 0 bridgehead atoms. The average molecular weight is 358 g/mol. The molecule has 0 N–H and O–H groups in total. The summed E-state index contributed by atoms with van der Waals surface area (Å²) in [6.45, 7) is 2.01. The summed E-state index contributed by atoms with van der Waals surface area (Å²) in [5.74, 6) is 0.949. The fraction of sp³-hybridized carbons (Fsp3) is 0.368. The number of fused-ring (bicyclic) bond motifs is 1. The predicted molar refractivity (Wildman–Crippen MR) is 102 cm³/mol. The van der Waals surface area contributed by atoms with Crippen LogP contribution in [-0.2, 0) is 4.79 Å². The third-order valence-electron chi connectivity index (χ3n) is 4.83. The molecule has 1 aromatic carbocycles. The van der Waals surface area contributed by atoms with Gasteiger partial charge >= 0.3 is 0 Å². The lowest BCUT2D eigenvalue weighted by Crippen LogP contribution is -2.36. The molecule has 2 aliphatic heterocycles. The molecule has 0 radical (unpaired) electrons. The molecule has 1 atom stereocenters. The Morgan fingerprint density at radius 1 is 1.29 bits per heavy atom. The summed E-state index contributed by atoms with van der Waals surface area (Å²) < 4.78 is 6.66. The fourth-order valence-corrected chi connectivity index (χ4v) is 4.93. The van der Waals surface area contributed by atoms with Gasteiger partial charge in [0.05, 0.1) is 4.91 Å². The molecule has 1 aliphatic carbocycles. The van der Waals surface area contributed by atoms with Crippen LogP contribution in [0.25, 0.3) is 6.08 Å². The number of carbonyl (C=O) groups is 1. The van der Waals surface area contributed by atoms with E-state index in [1.165, 1.54) is 24.6 Å². The second-order valence-electron chi connectivity index (χ2n) is 6.43. The summed E-state index contributed by atoms with van der Waals surface area (Å²) in [7, 11) is 0. The Morgan fingerprint density at radius 2 is 2.04 bits per heavy atom. The van der Waals surface area contributed by atoms with Gasteiger partial charge in [0.15, 0.2) is 0 Å². The number of nitrogens with zero attached hydrogens (tertiary/aromatic N) is 1. The summed E-state index contributed by atoms with van der Waals surface area (Å²) >= 11 is 6.89. The van der Waals surface area contributed by atoms with E-state index >= 15 is 0 Å². The summed E-state index contributed by atoms with van der Waals surface area (Å²) in [6.07, 6.45) is 8.49. The Kier molecular flexibility index (Phi) is 4.22. The highest BCUT2D eigenvalue weighted by Gasteiger charge is 2.38. The third kappa shape index (κ3) is 2.80. The van der Waals surface area contributed by atoms with Crippen molar-refractivity contribution in [3.8, 4) is 5.75 Å². The van der Waals surface area contributed by atoms with Crippen molar-refractivity contribution in [3.05, 3.63) is 46.4 Å². The Hall–Kier alpha value is -1.59. The van der Waals surface area contributed by atoms with Crippen molar-refractivity contribution < 1.29 is 9.53 Å². The molecule has 0 spiro atoms. The van der Waals surface area contributed by atoms with Crippen LogP contribution in [0.4, 0.5) is 0 Å². The Labute approximate surface area is 151 Å². The summed E-state index contributed by atoms with van der Waals surface area (Å²) in [5, 5.41) is 0. The van der Waals surface area contributed by atoms with Crippen molar-refractivity contribution in [1.29, 1.82) is 0 Å². The van der Waals surface area contributed by atoms with Crippen molar-refractivity contribution in [3.63, 3.8) is 0 Å². The van der Waals surface area contributed by atoms with E-state index in [9.17, 15) is 4.79 Å². The fourth-order valence-electron chi connectivity index (χ4n) is 3.53. The second kappa shape index (κ2) is 6.37. The summed E-state index contributed by atoms with van der Waals surface area (Å²) in [4.78, 5) is 15.4. The molecular formula is C19H19NO2S2. The standard InChI is InChI=1S/C19H19NO2S2/c1-12-14(10-13-6-2-5-9-16(13)22-12)11-17-18(21)20(19(23)24-17)15-7-3-4-8-15/h2,5-6,9-12,15H,3-4,7-8H2,1H3/b17-11-. The first-order valence-corrected chi connectivity index (χ1v) is 9.60. The minimum Gasteiger partial charge on any atom is -0.485 e. The van der Waals surface area contributed by atoms with Crippen LogP contribution in [0.5, 0.6) is 5.75 Å². The monoisotopic (exact) mass is 357 g/mol. The molecule has 1 saturated carbocycles. The molecule has 3 nitrogen and oxygen atoms in total. The summed E-state index contributed by atoms with van der Waals surface area (Å²) in [5.41, 5.74) is 2.06. The number of thiocarbonyl (C=S) groups is 1. The molecule has 2 fully saturated rings. The molecule has 1 saturated heterocycles. The Balaban J connectivity index is 1.63. The van der Waals surface area contributed by atoms with Crippen LogP contribution in [0.1, 0.15) is 38.2 Å². The van der Waals surface area contributed by atoms with Crippen LogP contribution in [0.3, 0.4) is 0 Å². The number of rotatable bonds is 2. The molecule has 124 valence electrons. The minimum atomic E-state index is -0.0742. The number of hydrogen-bond donors (Lipinski definition) is 0. The zero-order valence-corrected chi connectivity index (χ0v) is 15.2. The van der Waals surface area contributed by atoms with Gasteiger partial charge in [-0.2, -0.15) is 0 Å². The van der Waals surface area contributed by atoms with E-state index in [0.29, 0.717) is 9.23 Å². The van der Waals surface area contributed by atoms with Gasteiger partial charge in [0.1, 0.15) is 16.2 Å². The zero-order chi connectivity index (χ0) is 16.7. The third-order valence-corrected chi connectivity index (χ3v) is 6.16. The van der Waals surface area contributed by atoms with E-state index in [-0.39, 0.29) is 18.1 Å². The maximum atomic E-state index is 12.8. The van der Waals surface area contributed by atoms with Gasteiger partial charge in [-0.1, -0.05) is 55.0 Å². The molecule has 0 aromatic heterocycles. The van der Waals surface area contributed by atoms with Gasteiger partial charge < -0.3 is 4.74 Å². The first-order valence-electron chi connectivity index (χ1n) is 8.38. The van der Waals surface area contributed by atoms with E-state index in [1.807, 2.05) is 42.2 Å². The summed E-state index contributed by atoms with van der Waals surface area (Å²) in [6, 6.07) is 8.25. The minimum absolute atomic E-state index is 0.0591. The first-order chi connectivity index (χ1) is 11.6. The number of benzene rings is 1. The molecule has 5 heteroatoms. The van der Waals surface area contributed by atoms with Crippen LogP contribution in [-0.4, -0.2) is 27.3 Å². The number of hydrogen-bond acceptors (Lipinski definition) is 4. The smallest absolute Gasteiger partial charge is 0.266 e. The largest absolute Gasteiger partial charge is 0.485 e. The van der Waals surface area contributed by atoms with Crippen LogP contribution < -0.4 is 4.74 Å². The molecule has 3 aliphatic rings. The highest BCUT2D eigenvalue weighted by molar-refractivity contribution is 8.26. The van der Waals surface area contributed by atoms with Crippen molar-refractivity contribution in [1.82, 2.24) is 4.90 Å². The lowest BCUT2D eigenvalue weighted by atomic mass is 10.0. The molecular weight excluding hydrogens is 338 g/mol. The second-order valence-corrected chi connectivity index (χ2v) is 8.11. The first kappa shape index (κ1) is 15.9. The van der Waals surface area contributed by atoms with Crippen LogP contribution in [0.15, 0.2) is 40.8 Å². The van der Waals surface area contributed by atoms with Gasteiger partial charge in [0.2, 0.25) is 0 Å². The Bertz CT molecular complexity index is 762. The van der Waals surface area contributed by atoms with Crippen molar-refractivity contribution >= 4 is 40.3 Å². The van der Waals surface area contributed by atoms with E-state index < -0.39 is 0 Å². The van der Waals surface area contributed by atoms with Gasteiger partial charge in [-0.15, -0.1) is 0 Å². The van der Waals surface area contributed by atoms with Gasteiger partial charge in [-0.25, -0.2) is 0 Å². The molecule has 1 amide bonds. The van der Waals surface area contributed by atoms with Crippen LogP contribution >= 0.6 is 24.0 Å². The topological polar surface area (TPSA) is 29.5 Å². The molecule has 1 aromatic rings. The maximum absolute atomic E-state index is 12.8. The highest BCUT2D eigenvalue weighted by Crippen LogP contribution is 2.39. The van der Waals surface area contributed by atoms with Gasteiger partial charge in [-0.05, 0) is 43.6 Å². The van der Waals surface area contributed by atoms with E-state index in [0.717, 1.165) is 29.7 Å². The lowest BCUT2D eigenvalue weighted by Gasteiger charge is -2.23. The van der Waals surface area contributed by atoms with Crippen molar-refractivity contribution in [2.45, 2.75) is 44.8 Å². The SMILES string of the molecule is CC1Oc2ccccc2C=C1/C=C1\SC(=S)N(C2CCCC2)C1=O. The number of para-hydroxylation sites is 1. The van der Waals surface area contributed by atoms with Crippen molar-refractivity contribution in [2.24, 2.45) is 0 Å². The quantitative estimate of drug-likeness (QED) is 0.574. The molecule has 2 heterocycles. The predicted octanol–water partition coefficient (Wildman–Crippen LogP) is 4.54. The number of carbonyl (C=O) groups excluding carboxylic acids is 1. The normalized spacial score (nSPS) is 25.9. The number of thioether (sulfide) groups is 1. The average Bonchev–Trinajstić information content (AvgIpc) is 3.17. The molecule has 4 rings (SSSR count). The van der Waals surface area contributed by atoms with E-state index in [1.54, 1.807) is 0 Å². The van der Waals surface area contributed by atoms with Crippen LogP contribution in [0, 0.1) is 0 Å². The van der Waals surface area contributed by atoms with Crippen molar-refractivity contribution in [2.75, 3.05) is 0 Å². The molecule has 24 heavy (non-hydrogen) atoms. The maximum Gasteiger partial charge on any atom is 0.266 e. The van der Waals surface area contributed by atoms with Gasteiger partial charge in [-0.3, -0.25) is 9.69 Å². The van der Waals surface area contributed by atoms with Crippen LogP contribution in [0.2, 0.25) is 0 Å². The van der Waals surface area contributed by atoms with Gasteiger partial charge in [0, 0.05) is 11.6 Å². The highest BCUT2D eigenvalue weighted by atomic mass is 32.2. The number of ether oxygens (including phenoxy) is 1. The van der Waals surface area contributed by atoms with Gasteiger partial charge in [0.25, 0.3) is 5.91 Å². The number of amides is 1.